The van der Waals surface area contributed by atoms with Gasteiger partial charge in [-0.25, -0.2) is 8.42 Å². The van der Waals surface area contributed by atoms with E-state index in [1.54, 1.807) is 6.92 Å². The summed E-state index contributed by atoms with van der Waals surface area (Å²) >= 11 is 3.38. The maximum absolute atomic E-state index is 12.8. The summed E-state index contributed by atoms with van der Waals surface area (Å²) in [5.41, 5.74) is 3.86. The Kier molecular flexibility index (Phi) is 6.63. The minimum atomic E-state index is -3.83. The summed E-state index contributed by atoms with van der Waals surface area (Å²) in [5, 5.41) is 15.7. The van der Waals surface area contributed by atoms with E-state index >= 15 is 0 Å². The van der Waals surface area contributed by atoms with Crippen LogP contribution in [0.5, 0.6) is 0 Å². The highest BCUT2D eigenvalue weighted by atomic mass is 79.9. The Balaban J connectivity index is 1.88. The molecule has 2 aromatic rings. The molecule has 1 heterocycles. The van der Waals surface area contributed by atoms with E-state index in [0.29, 0.717) is 18.9 Å². The van der Waals surface area contributed by atoms with Crippen molar-refractivity contribution in [2.75, 3.05) is 31.7 Å². The Morgan fingerprint density at radius 3 is 2.62 bits per heavy atom. The van der Waals surface area contributed by atoms with Crippen molar-refractivity contribution in [2.45, 2.75) is 11.8 Å². The third-order valence-corrected chi connectivity index (χ3v) is 6.75. The molecule has 1 fully saturated rings. The quantitative estimate of drug-likeness (QED) is 0.384. The number of halogens is 1. The fourth-order valence-corrected chi connectivity index (χ4v) is 4.60. The molecule has 0 aromatic heterocycles. The number of rotatable bonds is 6. The average molecular weight is 483 g/mol. The van der Waals surface area contributed by atoms with Crippen LogP contribution in [0.2, 0.25) is 0 Å². The predicted octanol–water partition coefficient (Wildman–Crippen LogP) is 3.21. The molecule has 1 saturated heterocycles. The van der Waals surface area contributed by atoms with E-state index in [0.717, 1.165) is 16.1 Å². The second-order valence-corrected chi connectivity index (χ2v) is 9.13. The van der Waals surface area contributed by atoms with Gasteiger partial charge in [0.1, 0.15) is 5.69 Å². The zero-order chi connectivity index (χ0) is 21.0. The van der Waals surface area contributed by atoms with Gasteiger partial charge in [-0.1, -0.05) is 28.1 Å². The molecule has 29 heavy (non-hydrogen) atoms. The molecule has 0 radical (unpaired) electrons. The van der Waals surface area contributed by atoms with E-state index < -0.39 is 14.9 Å². The molecule has 0 aliphatic carbocycles. The molecular formula is C18H19BrN4O5S. The highest BCUT2D eigenvalue weighted by Gasteiger charge is 2.28. The van der Waals surface area contributed by atoms with Crippen molar-refractivity contribution in [3.63, 3.8) is 0 Å². The molecule has 11 heteroatoms. The maximum atomic E-state index is 12.8. The van der Waals surface area contributed by atoms with Crippen LogP contribution in [0.4, 0.5) is 11.4 Å². The summed E-state index contributed by atoms with van der Waals surface area (Å²) in [7, 11) is -3.83. The zero-order valence-electron chi connectivity index (χ0n) is 15.5. The van der Waals surface area contributed by atoms with Crippen LogP contribution in [0.15, 0.2) is 56.9 Å². The van der Waals surface area contributed by atoms with Crippen molar-refractivity contribution in [2.24, 2.45) is 5.10 Å². The van der Waals surface area contributed by atoms with Gasteiger partial charge >= 0.3 is 0 Å². The molecule has 1 aliphatic rings. The van der Waals surface area contributed by atoms with Gasteiger partial charge in [-0.3, -0.25) is 15.5 Å². The summed E-state index contributed by atoms with van der Waals surface area (Å²) in [4.78, 5) is 10.7. The van der Waals surface area contributed by atoms with Gasteiger partial charge in [-0.2, -0.15) is 9.41 Å². The Labute approximate surface area is 176 Å². The predicted molar refractivity (Wildman–Crippen MR) is 113 cm³/mol. The van der Waals surface area contributed by atoms with Crippen LogP contribution >= 0.6 is 15.9 Å². The number of nitro benzene ring substituents is 1. The zero-order valence-corrected chi connectivity index (χ0v) is 17.9. The van der Waals surface area contributed by atoms with Crippen LogP contribution in [-0.2, 0) is 14.8 Å². The molecule has 0 bridgehead atoms. The number of nitro groups is 1. The van der Waals surface area contributed by atoms with Crippen LogP contribution in [0.3, 0.4) is 0 Å². The average Bonchev–Trinajstić information content (AvgIpc) is 2.72. The molecule has 1 N–H and O–H groups in total. The normalized spacial score (nSPS) is 15.9. The highest BCUT2D eigenvalue weighted by molar-refractivity contribution is 9.10. The number of hydrogen-bond acceptors (Lipinski definition) is 7. The SMILES string of the molecule is C/C(=N/Nc1ccc(S(=O)(=O)N2CCOCC2)cc1[N+](=O)[O-])c1cccc(Br)c1. The largest absolute Gasteiger partial charge is 0.379 e. The summed E-state index contributed by atoms with van der Waals surface area (Å²) in [6.45, 7) is 2.78. The first-order valence-corrected chi connectivity index (χ1v) is 10.9. The van der Waals surface area contributed by atoms with E-state index in [-0.39, 0.29) is 29.4 Å². The van der Waals surface area contributed by atoms with Gasteiger partial charge < -0.3 is 4.74 Å². The lowest BCUT2D eigenvalue weighted by Crippen LogP contribution is -2.40. The number of nitrogens with one attached hydrogen (secondary N) is 1. The number of anilines is 1. The van der Waals surface area contributed by atoms with E-state index in [9.17, 15) is 18.5 Å². The lowest BCUT2D eigenvalue weighted by Gasteiger charge is -2.26. The van der Waals surface area contributed by atoms with Gasteiger partial charge in [0, 0.05) is 23.6 Å². The van der Waals surface area contributed by atoms with Crippen molar-refractivity contribution in [3.8, 4) is 0 Å². The summed E-state index contributed by atoms with van der Waals surface area (Å²) < 4.78 is 32.8. The monoisotopic (exact) mass is 482 g/mol. The number of ether oxygens (including phenoxy) is 1. The van der Waals surface area contributed by atoms with Crippen LogP contribution in [0, 0.1) is 10.1 Å². The van der Waals surface area contributed by atoms with Crippen molar-refractivity contribution in [3.05, 3.63) is 62.6 Å². The second-order valence-electron chi connectivity index (χ2n) is 6.27. The van der Waals surface area contributed by atoms with Crippen LogP contribution in [0.25, 0.3) is 0 Å². The first-order valence-electron chi connectivity index (χ1n) is 8.71. The summed E-state index contributed by atoms with van der Waals surface area (Å²) in [6, 6.07) is 11.2. The maximum Gasteiger partial charge on any atom is 0.295 e. The summed E-state index contributed by atoms with van der Waals surface area (Å²) in [5.74, 6) is 0. The smallest absolute Gasteiger partial charge is 0.295 e. The van der Waals surface area contributed by atoms with E-state index in [2.05, 4.69) is 26.5 Å². The molecule has 9 nitrogen and oxygen atoms in total. The molecule has 1 aliphatic heterocycles. The Bertz CT molecular complexity index is 1050. The standard InChI is InChI=1S/C18H19BrN4O5S/c1-13(14-3-2-4-15(19)11-14)20-21-17-6-5-16(12-18(17)23(24)25)29(26,27)22-7-9-28-10-8-22/h2-6,11-12,21H,7-10H2,1H3/b20-13-. The van der Waals surface area contributed by atoms with E-state index in [1.807, 2.05) is 24.3 Å². The van der Waals surface area contributed by atoms with Crippen molar-refractivity contribution in [1.82, 2.24) is 4.31 Å². The molecule has 0 saturated carbocycles. The molecule has 0 amide bonds. The number of morpholine rings is 1. The molecular weight excluding hydrogens is 464 g/mol. The number of hydrazone groups is 1. The van der Waals surface area contributed by atoms with Gasteiger partial charge in [0.05, 0.1) is 28.7 Å². The number of nitrogens with zero attached hydrogens (tertiary/aromatic N) is 3. The Morgan fingerprint density at radius 1 is 1.24 bits per heavy atom. The lowest BCUT2D eigenvalue weighted by molar-refractivity contribution is -0.384. The van der Waals surface area contributed by atoms with Crippen LogP contribution in [0.1, 0.15) is 12.5 Å². The van der Waals surface area contributed by atoms with E-state index in [1.165, 1.54) is 16.4 Å². The first kappa shape index (κ1) is 21.4. The molecule has 0 spiro atoms. The van der Waals surface area contributed by atoms with Crippen LogP contribution in [-0.4, -0.2) is 49.7 Å². The van der Waals surface area contributed by atoms with Crippen molar-refractivity contribution >= 4 is 43.0 Å². The fourth-order valence-electron chi connectivity index (χ4n) is 2.78. The topological polar surface area (TPSA) is 114 Å². The molecule has 154 valence electrons. The lowest BCUT2D eigenvalue weighted by atomic mass is 10.1. The van der Waals surface area contributed by atoms with Gasteiger partial charge in [0.15, 0.2) is 0 Å². The fraction of sp³-hybridized carbons (Fsp3) is 0.278. The van der Waals surface area contributed by atoms with Crippen molar-refractivity contribution in [1.29, 1.82) is 0 Å². The first-order chi connectivity index (χ1) is 13.8. The van der Waals surface area contributed by atoms with E-state index in [4.69, 9.17) is 4.74 Å². The third kappa shape index (κ3) is 4.99. The number of benzene rings is 2. The van der Waals surface area contributed by atoms with Gasteiger partial charge in [0.2, 0.25) is 10.0 Å². The molecule has 0 unspecified atom stereocenters. The Morgan fingerprint density at radius 2 is 1.97 bits per heavy atom. The Hall–Kier alpha value is -2.34. The van der Waals surface area contributed by atoms with Gasteiger partial charge in [-0.05, 0) is 36.8 Å². The molecule has 0 atom stereocenters. The second kappa shape index (κ2) is 8.99. The highest BCUT2D eigenvalue weighted by Crippen LogP contribution is 2.29. The van der Waals surface area contributed by atoms with Gasteiger partial charge in [-0.15, -0.1) is 0 Å². The molecule has 3 rings (SSSR count). The van der Waals surface area contributed by atoms with Gasteiger partial charge in [0.25, 0.3) is 5.69 Å². The summed E-state index contributed by atoms with van der Waals surface area (Å²) in [6.07, 6.45) is 0. The molecule has 2 aromatic carbocycles. The minimum absolute atomic E-state index is 0.102. The van der Waals surface area contributed by atoms with Crippen molar-refractivity contribution < 1.29 is 18.1 Å². The number of sulfonamides is 1. The minimum Gasteiger partial charge on any atom is -0.379 e. The third-order valence-electron chi connectivity index (χ3n) is 4.36. The number of hydrogen-bond donors (Lipinski definition) is 1. The van der Waals surface area contributed by atoms with Crippen LogP contribution < -0.4 is 5.43 Å².